The molecule has 13 nitrogen and oxygen atoms in total. The molecule has 4 heterocycles. The monoisotopic (exact) mass is 605 g/mol. The topological polar surface area (TPSA) is 181 Å². The van der Waals surface area contributed by atoms with Crippen molar-refractivity contribution in [1.82, 2.24) is 34.3 Å². The molecular formula is C29H35N9O4S. The Morgan fingerprint density at radius 1 is 1.00 bits per heavy atom. The number of nitrogens with one attached hydrogen (secondary N) is 2. The van der Waals surface area contributed by atoms with Gasteiger partial charge in [0.2, 0.25) is 0 Å². The van der Waals surface area contributed by atoms with E-state index in [-0.39, 0.29) is 17.9 Å². The minimum absolute atomic E-state index is 0.211. The van der Waals surface area contributed by atoms with Crippen LogP contribution in [0.4, 0.5) is 17.3 Å². The van der Waals surface area contributed by atoms with Crippen molar-refractivity contribution in [2.45, 2.75) is 69.3 Å². The highest BCUT2D eigenvalue weighted by Gasteiger charge is 2.37. The van der Waals surface area contributed by atoms with E-state index in [2.05, 4.69) is 40.9 Å². The molecule has 0 amide bonds. The molecule has 0 bridgehead atoms. The molecule has 2 saturated carbocycles. The summed E-state index contributed by atoms with van der Waals surface area (Å²) < 4.78 is 26.1. The molecule has 0 aliphatic heterocycles. The van der Waals surface area contributed by atoms with Crippen LogP contribution in [-0.2, 0) is 15.6 Å². The molecule has 4 N–H and O–H groups in total. The average Bonchev–Trinajstić information content (AvgIpc) is 3.74. The van der Waals surface area contributed by atoms with E-state index >= 15 is 0 Å². The maximum atomic E-state index is 12.5. The molecule has 0 saturated heterocycles. The molecule has 4 aromatic rings. The van der Waals surface area contributed by atoms with Crippen molar-refractivity contribution in [1.29, 1.82) is 0 Å². The van der Waals surface area contributed by atoms with E-state index in [0.717, 1.165) is 41.0 Å². The third-order valence-corrected chi connectivity index (χ3v) is 9.91. The Bertz CT molecular complexity index is 1690. The number of hydrogen-bond acceptors (Lipinski definition) is 12. The van der Waals surface area contributed by atoms with Gasteiger partial charge in [-0.3, -0.25) is 0 Å². The molecule has 6 rings (SSSR count). The second-order valence-corrected chi connectivity index (χ2v) is 13.8. The number of anilines is 3. The van der Waals surface area contributed by atoms with Crippen LogP contribution in [0.25, 0.3) is 22.6 Å². The molecule has 43 heavy (non-hydrogen) atoms. The minimum Gasteiger partial charge on any atom is -0.396 e. The molecule has 0 spiro atoms. The summed E-state index contributed by atoms with van der Waals surface area (Å²) in [5.74, 6) is 1.68. The number of rotatable bonds is 10. The molecule has 2 fully saturated rings. The summed E-state index contributed by atoms with van der Waals surface area (Å²) in [6, 6.07) is 7.38. The van der Waals surface area contributed by atoms with Crippen molar-refractivity contribution in [2.24, 2.45) is 5.92 Å². The lowest BCUT2D eigenvalue weighted by Crippen LogP contribution is -2.27. The maximum Gasteiger partial charge on any atom is 0.256 e. The summed E-state index contributed by atoms with van der Waals surface area (Å²) >= 11 is 0. The molecule has 0 atom stereocenters. The summed E-state index contributed by atoms with van der Waals surface area (Å²) in [6.45, 7) is 3.53. The molecule has 0 aromatic carbocycles. The largest absolute Gasteiger partial charge is 0.396 e. The molecule has 2 aliphatic rings. The maximum absolute atomic E-state index is 12.5. The Kier molecular flexibility index (Phi) is 7.83. The summed E-state index contributed by atoms with van der Waals surface area (Å²) in [6.07, 6.45) is 11.2. The highest BCUT2D eigenvalue weighted by Crippen LogP contribution is 2.34. The average molecular weight is 606 g/mol. The molecule has 14 heteroatoms. The fourth-order valence-electron chi connectivity index (χ4n) is 5.14. The van der Waals surface area contributed by atoms with Crippen molar-refractivity contribution < 1.29 is 18.6 Å². The number of aliphatic hydroxyl groups excluding tert-OH is 1. The van der Waals surface area contributed by atoms with Crippen LogP contribution in [0.1, 0.15) is 58.1 Å². The Balaban J connectivity index is 1.26. The van der Waals surface area contributed by atoms with Gasteiger partial charge >= 0.3 is 0 Å². The van der Waals surface area contributed by atoms with Gasteiger partial charge in [0.15, 0.2) is 5.82 Å². The second kappa shape index (κ2) is 11.6. The van der Waals surface area contributed by atoms with Gasteiger partial charge in [0.1, 0.15) is 17.2 Å². The lowest BCUT2D eigenvalue weighted by atomic mass is 9.86. The van der Waals surface area contributed by atoms with E-state index in [1.54, 1.807) is 38.4 Å². The van der Waals surface area contributed by atoms with Crippen LogP contribution in [0.2, 0.25) is 0 Å². The summed E-state index contributed by atoms with van der Waals surface area (Å²) in [5.41, 5.74) is 2.04. The number of aliphatic hydroxyl groups is 2. The molecule has 4 aromatic heterocycles. The zero-order valence-corrected chi connectivity index (χ0v) is 24.9. The van der Waals surface area contributed by atoms with E-state index < -0.39 is 15.6 Å². The van der Waals surface area contributed by atoms with Gasteiger partial charge < -0.3 is 20.8 Å². The normalized spacial score (nSPS) is 19.3. The van der Waals surface area contributed by atoms with E-state index in [9.17, 15) is 18.6 Å². The SMILES string of the molecule is CC(C)(O)c1ccc(-c2cnc(Nc3ccnc(-c4cnn(S(=O)(=O)C5CC5)c4)n3)cc2NC2CCC(CO)CC2)nn1. The van der Waals surface area contributed by atoms with Crippen LogP contribution in [0.5, 0.6) is 0 Å². The molecule has 0 radical (unpaired) electrons. The first kappa shape index (κ1) is 29.1. The predicted octanol–water partition coefficient (Wildman–Crippen LogP) is 3.47. The molecule has 0 unspecified atom stereocenters. The van der Waals surface area contributed by atoms with Gasteiger partial charge in [-0.1, -0.05) is 0 Å². The quantitative estimate of drug-likeness (QED) is 0.207. The van der Waals surface area contributed by atoms with E-state index in [4.69, 9.17) is 0 Å². The molecule has 226 valence electrons. The van der Waals surface area contributed by atoms with Crippen LogP contribution in [0, 0.1) is 5.92 Å². The number of pyridine rings is 1. The van der Waals surface area contributed by atoms with Crippen molar-refractivity contribution in [3.05, 3.63) is 54.7 Å². The lowest BCUT2D eigenvalue weighted by Gasteiger charge is -2.29. The van der Waals surface area contributed by atoms with Gasteiger partial charge in [-0.15, -0.1) is 0 Å². The third-order valence-electron chi connectivity index (χ3n) is 7.87. The highest BCUT2D eigenvalue weighted by atomic mass is 32.2. The van der Waals surface area contributed by atoms with Crippen LogP contribution in [-0.4, -0.2) is 70.9 Å². The van der Waals surface area contributed by atoms with Crippen molar-refractivity contribution >= 4 is 27.3 Å². The predicted molar refractivity (Wildman–Crippen MR) is 161 cm³/mol. The van der Waals surface area contributed by atoms with Crippen molar-refractivity contribution in [3.8, 4) is 22.6 Å². The molecule has 2 aliphatic carbocycles. The Labute approximate surface area is 249 Å². The Morgan fingerprint density at radius 3 is 2.47 bits per heavy atom. The van der Waals surface area contributed by atoms with Gasteiger partial charge in [-0.05, 0) is 76.5 Å². The van der Waals surface area contributed by atoms with Crippen LogP contribution in [0.3, 0.4) is 0 Å². The zero-order chi connectivity index (χ0) is 30.2. The van der Waals surface area contributed by atoms with Crippen LogP contribution >= 0.6 is 0 Å². The van der Waals surface area contributed by atoms with E-state index in [1.165, 1.54) is 12.4 Å². The van der Waals surface area contributed by atoms with E-state index in [0.29, 0.717) is 53.2 Å². The smallest absolute Gasteiger partial charge is 0.256 e. The fourth-order valence-corrected chi connectivity index (χ4v) is 6.61. The standard InChI is InChI=1S/C29H35N9O4S/c1-29(2,40)25-10-9-23(36-37-25)22-15-31-27(13-24(22)33-20-5-3-18(17-39)4-6-20)34-26-11-12-30-28(35-26)19-14-32-38(16-19)43(41,42)21-7-8-21/h9-16,18,20-21,39-40H,3-8,17H2,1-2H3,(H2,30,31,33,34,35). The highest BCUT2D eigenvalue weighted by molar-refractivity contribution is 7.90. The first-order valence-electron chi connectivity index (χ1n) is 14.4. The minimum atomic E-state index is -3.49. The van der Waals surface area contributed by atoms with Crippen LogP contribution < -0.4 is 10.6 Å². The molecular weight excluding hydrogens is 570 g/mol. The fraction of sp³-hybridized carbons (Fsp3) is 0.448. The van der Waals surface area contributed by atoms with Gasteiger partial charge in [0.25, 0.3) is 10.0 Å². The Morgan fingerprint density at radius 2 is 1.79 bits per heavy atom. The first-order valence-corrected chi connectivity index (χ1v) is 15.9. The van der Waals surface area contributed by atoms with Gasteiger partial charge in [0, 0.05) is 42.4 Å². The summed E-state index contributed by atoms with van der Waals surface area (Å²) in [5, 5.41) is 39.0. The third kappa shape index (κ3) is 6.50. The first-order chi connectivity index (χ1) is 20.6. The number of aromatic nitrogens is 7. The van der Waals surface area contributed by atoms with Crippen molar-refractivity contribution in [3.63, 3.8) is 0 Å². The number of nitrogens with zero attached hydrogens (tertiary/aromatic N) is 7. The van der Waals surface area contributed by atoms with Gasteiger partial charge in [-0.2, -0.15) is 19.4 Å². The van der Waals surface area contributed by atoms with Gasteiger partial charge in [-0.25, -0.2) is 23.4 Å². The second-order valence-electron chi connectivity index (χ2n) is 11.8. The summed E-state index contributed by atoms with van der Waals surface area (Å²) in [4.78, 5) is 13.5. The number of hydrogen-bond donors (Lipinski definition) is 4. The van der Waals surface area contributed by atoms with Crippen LogP contribution in [0.15, 0.2) is 49.1 Å². The van der Waals surface area contributed by atoms with E-state index in [1.807, 2.05) is 12.1 Å². The van der Waals surface area contributed by atoms with Crippen molar-refractivity contribution in [2.75, 3.05) is 17.2 Å². The van der Waals surface area contributed by atoms with Gasteiger partial charge in [0.05, 0.1) is 34.6 Å². The lowest BCUT2D eigenvalue weighted by molar-refractivity contribution is 0.0729. The zero-order valence-electron chi connectivity index (χ0n) is 24.1. The Hall–Kier alpha value is -4.01. The summed E-state index contributed by atoms with van der Waals surface area (Å²) in [7, 11) is -3.49.